The Labute approximate surface area is 118 Å². The van der Waals surface area contributed by atoms with Crippen LogP contribution in [0, 0.1) is 5.41 Å². The van der Waals surface area contributed by atoms with Gasteiger partial charge < -0.3 is 9.64 Å². The maximum absolute atomic E-state index is 12.2. The van der Waals surface area contributed by atoms with Gasteiger partial charge in [-0.1, -0.05) is 32.6 Å². The Morgan fingerprint density at radius 3 is 2.11 bits per heavy atom. The zero-order valence-electron chi connectivity index (χ0n) is 13.4. The van der Waals surface area contributed by atoms with Gasteiger partial charge in [-0.2, -0.15) is 0 Å². The first-order valence-electron chi connectivity index (χ1n) is 7.74. The van der Waals surface area contributed by atoms with E-state index in [1.54, 1.807) is 0 Å². The lowest BCUT2D eigenvalue weighted by molar-refractivity contribution is 0.0166. The van der Waals surface area contributed by atoms with Crippen LogP contribution in [0.2, 0.25) is 0 Å². The Kier molecular flexibility index (Phi) is 5.69. The van der Waals surface area contributed by atoms with Crippen LogP contribution in [-0.2, 0) is 4.74 Å². The van der Waals surface area contributed by atoms with Crippen LogP contribution in [0.25, 0.3) is 0 Å². The van der Waals surface area contributed by atoms with Crippen LogP contribution in [0.1, 0.15) is 73.1 Å². The molecule has 0 spiro atoms. The Balaban J connectivity index is 2.62. The molecule has 0 heterocycles. The molecule has 0 saturated heterocycles. The Bertz CT molecular complexity index is 286. The summed E-state index contributed by atoms with van der Waals surface area (Å²) in [7, 11) is 0. The molecule has 1 aliphatic carbocycles. The molecule has 1 amide bonds. The average molecular weight is 269 g/mol. The molecule has 1 rings (SSSR count). The molecule has 112 valence electrons. The van der Waals surface area contributed by atoms with E-state index in [0.717, 1.165) is 13.1 Å². The van der Waals surface area contributed by atoms with Gasteiger partial charge in [0.05, 0.1) is 0 Å². The standard InChI is InChI=1S/C16H31NO2/c1-6-17(14(18)19-15(2,3)4)13-16(5)11-9-7-8-10-12-16/h6-13H2,1-5H3. The Morgan fingerprint density at radius 2 is 1.68 bits per heavy atom. The zero-order chi connectivity index (χ0) is 14.5. The topological polar surface area (TPSA) is 29.5 Å². The van der Waals surface area contributed by atoms with E-state index in [9.17, 15) is 4.79 Å². The van der Waals surface area contributed by atoms with Gasteiger partial charge in [-0.3, -0.25) is 0 Å². The van der Waals surface area contributed by atoms with E-state index in [-0.39, 0.29) is 11.5 Å². The summed E-state index contributed by atoms with van der Waals surface area (Å²) in [6, 6.07) is 0. The fourth-order valence-corrected chi connectivity index (χ4v) is 2.83. The molecule has 0 aliphatic heterocycles. The highest BCUT2D eigenvalue weighted by molar-refractivity contribution is 5.68. The molecule has 0 atom stereocenters. The predicted octanol–water partition coefficient (Wildman–Crippen LogP) is 4.60. The van der Waals surface area contributed by atoms with E-state index in [2.05, 4.69) is 6.92 Å². The smallest absolute Gasteiger partial charge is 0.410 e. The minimum Gasteiger partial charge on any atom is -0.444 e. The zero-order valence-corrected chi connectivity index (χ0v) is 13.4. The van der Waals surface area contributed by atoms with Crippen molar-refractivity contribution in [2.45, 2.75) is 78.7 Å². The van der Waals surface area contributed by atoms with Crippen LogP contribution >= 0.6 is 0 Å². The van der Waals surface area contributed by atoms with Crippen LogP contribution in [0.4, 0.5) is 4.79 Å². The van der Waals surface area contributed by atoms with E-state index in [1.807, 2.05) is 32.6 Å². The molecule has 0 aromatic heterocycles. The maximum atomic E-state index is 12.2. The van der Waals surface area contributed by atoms with Crippen LogP contribution in [-0.4, -0.2) is 29.7 Å². The SMILES string of the molecule is CCN(CC1(C)CCCCCC1)C(=O)OC(C)(C)C. The first kappa shape index (κ1) is 16.3. The third kappa shape index (κ3) is 5.84. The summed E-state index contributed by atoms with van der Waals surface area (Å²) in [5, 5.41) is 0. The molecular formula is C16H31NO2. The summed E-state index contributed by atoms with van der Waals surface area (Å²) in [4.78, 5) is 14.1. The molecule has 1 aliphatic rings. The number of carbonyl (C=O) groups excluding carboxylic acids is 1. The fourth-order valence-electron chi connectivity index (χ4n) is 2.83. The molecule has 0 aromatic carbocycles. The number of ether oxygens (including phenoxy) is 1. The van der Waals surface area contributed by atoms with Gasteiger partial charge in [-0.05, 0) is 46.0 Å². The molecule has 0 unspecified atom stereocenters. The molecular weight excluding hydrogens is 238 g/mol. The number of amides is 1. The second-order valence-corrected chi connectivity index (χ2v) is 7.22. The van der Waals surface area contributed by atoms with E-state index >= 15 is 0 Å². The lowest BCUT2D eigenvalue weighted by atomic mass is 9.82. The van der Waals surface area contributed by atoms with Crippen molar-refractivity contribution < 1.29 is 9.53 Å². The molecule has 0 bridgehead atoms. The summed E-state index contributed by atoms with van der Waals surface area (Å²) < 4.78 is 5.50. The first-order valence-corrected chi connectivity index (χ1v) is 7.74. The highest BCUT2D eigenvalue weighted by Crippen LogP contribution is 2.35. The Hall–Kier alpha value is -0.730. The van der Waals surface area contributed by atoms with Gasteiger partial charge in [0.25, 0.3) is 0 Å². The van der Waals surface area contributed by atoms with E-state index in [0.29, 0.717) is 0 Å². The number of hydrogen-bond donors (Lipinski definition) is 0. The van der Waals surface area contributed by atoms with Gasteiger partial charge in [-0.15, -0.1) is 0 Å². The number of nitrogens with zero attached hydrogens (tertiary/aromatic N) is 1. The van der Waals surface area contributed by atoms with Crippen LogP contribution in [0.3, 0.4) is 0 Å². The number of carbonyl (C=O) groups is 1. The highest BCUT2D eigenvalue weighted by Gasteiger charge is 2.31. The summed E-state index contributed by atoms with van der Waals surface area (Å²) in [5.74, 6) is 0. The maximum Gasteiger partial charge on any atom is 0.410 e. The largest absolute Gasteiger partial charge is 0.444 e. The molecule has 1 saturated carbocycles. The summed E-state index contributed by atoms with van der Waals surface area (Å²) in [5.41, 5.74) is -0.141. The Morgan fingerprint density at radius 1 is 1.16 bits per heavy atom. The van der Waals surface area contributed by atoms with Gasteiger partial charge in [0.1, 0.15) is 5.60 Å². The van der Waals surface area contributed by atoms with Gasteiger partial charge >= 0.3 is 6.09 Å². The monoisotopic (exact) mass is 269 g/mol. The molecule has 0 N–H and O–H groups in total. The number of rotatable bonds is 3. The van der Waals surface area contributed by atoms with Crippen molar-refractivity contribution in [1.82, 2.24) is 4.90 Å². The van der Waals surface area contributed by atoms with Crippen LogP contribution in [0.5, 0.6) is 0 Å². The predicted molar refractivity (Wildman–Crippen MR) is 79.3 cm³/mol. The van der Waals surface area contributed by atoms with Gasteiger partial charge in [-0.25, -0.2) is 4.79 Å². The van der Waals surface area contributed by atoms with Crippen molar-refractivity contribution in [2.75, 3.05) is 13.1 Å². The van der Waals surface area contributed by atoms with Crippen LogP contribution in [0.15, 0.2) is 0 Å². The minimum atomic E-state index is -0.408. The lowest BCUT2D eigenvalue weighted by Gasteiger charge is -2.35. The molecule has 1 fully saturated rings. The lowest BCUT2D eigenvalue weighted by Crippen LogP contribution is -2.42. The summed E-state index contributed by atoms with van der Waals surface area (Å²) in [6.07, 6.45) is 7.56. The van der Waals surface area contributed by atoms with Gasteiger partial charge in [0.15, 0.2) is 0 Å². The molecule has 3 nitrogen and oxygen atoms in total. The van der Waals surface area contributed by atoms with Gasteiger partial charge in [0, 0.05) is 13.1 Å². The highest BCUT2D eigenvalue weighted by atomic mass is 16.6. The van der Waals surface area contributed by atoms with Crippen molar-refractivity contribution in [3.63, 3.8) is 0 Å². The first-order chi connectivity index (χ1) is 8.76. The van der Waals surface area contributed by atoms with Crippen molar-refractivity contribution >= 4 is 6.09 Å². The van der Waals surface area contributed by atoms with Crippen molar-refractivity contribution in [3.05, 3.63) is 0 Å². The third-order valence-corrected chi connectivity index (χ3v) is 3.92. The summed E-state index contributed by atoms with van der Waals surface area (Å²) >= 11 is 0. The van der Waals surface area contributed by atoms with Gasteiger partial charge in [0.2, 0.25) is 0 Å². The second kappa shape index (κ2) is 6.62. The molecule has 0 radical (unpaired) electrons. The normalized spacial score (nSPS) is 19.6. The number of hydrogen-bond acceptors (Lipinski definition) is 2. The van der Waals surface area contributed by atoms with Crippen molar-refractivity contribution in [2.24, 2.45) is 5.41 Å². The van der Waals surface area contributed by atoms with E-state index < -0.39 is 5.60 Å². The molecule has 3 heteroatoms. The van der Waals surface area contributed by atoms with Crippen molar-refractivity contribution in [3.8, 4) is 0 Å². The van der Waals surface area contributed by atoms with Crippen molar-refractivity contribution in [1.29, 1.82) is 0 Å². The minimum absolute atomic E-state index is 0.166. The van der Waals surface area contributed by atoms with E-state index in [1.165, 1.54) is 38.5 Å². The fraction of sp³-hybridized carbons (Fsp3) is 0.938. The molecule has 0 aromatic rings. The van der Waals surface area contributed by atoms with E-state index in [4.69, 9.17) is 4.74 Å². The quantitative estimate of drug-likeness (QED) is 0.700. The molecule has 19 heavy (non-hydrogen) atoms. The average Bonchev–Trinajstić information content (AvgIpc) is 2.49. The van der Waals surface area contributed by atoms with Crippen LogP contribution < -0.4 is 0 Å². The third-order valence-electron chi connectivity index (χ3n) is 3.92. The second-order valence-electron chi connectivity index (χ2n) is 7.22. The summed E-state index contributed by atoms with van der Waals surface area (Å²) in [6.45, 7) is 11.7.